The Kier molecular flexibility index (Phi) is 4.24. The number of anilines is 2. The average Bonchev–Trinajstić information content (AvgIpc) is 2.84. The first-order valence-corrected chi connectivity index (χ1v) is 6.86. The number of hydrogen-bond donors (Lipinski definition) is 2. The first-order valence-electron chi connectivity index (χ1n) is 5.29. The zero-order valence-corrected chi connectivity index (χ0v) is 12.4. The SMILES string of the molecule is CNc1nnc(C(=O)Nc2cc(Cl)c(C)cc2Cl)s1. The third-order valence-electron chi connectivity index (χ3n) is 2.33. The van der Waals surface area contributed by atoms with Crippen molar-refractivity contribution < 1.29 is 4.79 Å². The van der Waals surface area contributed by atoms with Crippen LogP contribution in [0.2, 0.25) is 10.0 Å². The summed E-state index contributed by atoms with van der Waals surface area (Å²) >= 11 is 13.2. The van der Waals surface area contributed by atoms with Crippen molar-refractivity contribution in [3.63, 3.8) is 0 Å². The topological polar surface area (TPSA) is 66.9 Å². The second kappa shape index (κ2) is 5.73. The van der Waals surface area contributed by atoms with Crippen LogP contribution in [0.4, 0.5) is 10.8 Å². The number of benzene rings is 1. The molecule has 19 heavy (non-hydrogen) atoms. The number of carbonyl (C=O) groups is 1. The molecule has 0 aliphatic heterocycles. The van der Waals surface area contributed by atoms with Gasteiger partial charge in [0.15, 0.2) is 0 Å². The fourth-order valence-electron chi connectivity index (χ4n) is 1.33. The molecule has 0 unspecified atom stereocenters. The summed E-state index contributed by atoms with van der Waals surface area (Å²) in [6, 6.07) is 3.30. The van der Waals surface area contributed by atoms with Crippen molar-refractivity contribution in [3.8, 4) is 0 Å². The lowest BCUT2D eigenvalue weighted by molar-refractivity contribution is 0.102. The molecule has 1 aromatic carbocycles. The third kappa shape index (κ3) is 3.15. The number of hydrogen-bond acceptors (Lipinski definition) is 5. The number of nitrogens with zero attached hydrogens (tertiary/aromatic N) is 2. The molecular formula is C11H10Cl2N4OS. The smallest absolute Gasteiger partial charge is 0.286 e. The van der Waals surface area contributed by atoms with Crippen molar-refractivity contribution in [2.24, 2.45) is 0 Å². The van der Waals surface area contributed by atoms with Crippen LogP contribution in [0.25, 0.3) is 0 Å². The molecule has 100 valence electrons. The molecule has 0 fully saturated rings. The van der Waals surface area contributed by atoms with Crippen molar-refractivity contribution >= 4 is 51.3 Å². The highest BCUT2D eigenvalue weighted by Crippen LogP contribution is 2.29. The van der Waals surface area contributed by atoms with Crippen LogP contribution in [0, 0.1) is 6.92 Å². The van der Waals surface area contributed by atoms with E-state index in [9.17, 15) is 4.79 Å². The Hall–Kier alpha value is -1.37. The molecule has 0 saturated carbocycles. The number of aryl methyl sites for hydroxylation is 1. The van der Waals surface area contributed by atoms with Crippen molar-refractivity contribution in [2.45, 2.75) is 6.92 Å². The molecule has 1 heterocycles. The van der Waals surface area contributed by atoms with Gasteiger partial charge in [-0.25, -0.2) is 0 Å². The van der Waals surface area contributed by atoms with Crippen LogP contribution in [0.3, 0.4) is 0 Å². The van der Waals surface area contributed by atoms with E-state index in [1.807, 2.05) is 6.92 Å². The average molecular weight is 317 g/mol. The molecule has 8 heteroatoms. The summed E-state index contributed by atoms with van der Waals surface area (Å²) in [5.74, 6) is -0.374. The minimum atomic E-state index is -0.374. The highest BCUT2D eigenvalue weighted by Gasteiger charge is 2.14. The molecule has 0 radical (unpaired) electrons. The number of nitrogens with one attached hydrogen (secondary N) is 2. The van der Waals surface area contributed by atoms with Crippen molar-refractivity contribution in [3.05, 3.63) is 32.7 Å². The maximum atomic E-state index is 12.0. The summed E-state index contributed by atoms with van der Waals surface area (Å²) in [6.45, 7) is 1.84. The van der Waals surface area contributed by atoms with E-state index in [-0.39, 0.29) is 10.9 Å². The van der Waals surface area contributed by atoms with E-state index < -0.39 is 0 Å². The van der Waals surface area contributed by atoms with Gasteiger partial charge in [0.1, 0.15) is 0 Å². The quantitative estimate of drug-likeness (QED) is 0.910. The van der Waals surface area contributed by atoms with Crippen LogP contribution in [-0.4, -0.2) is 23.2 Å². The number of rotatable bonds is 3. The van der Waals surface area contributed by atoms with Crippen LogP contribution in [0.15, 0.2) is 12.1 Å². The molecule has 0 spiro atoms. The van der Waals surface area contributed by atoms with Gasteiger partial charge in [0, 0.05) is 12.1 Å². The normalized spacial score (nSPS) is 10.3. The molecule has 2 rings (SSSR count). The first-order chi connectivity index (χ1) is 9.01. The van der Waals surface area contributed by atoms with Crippen LogP contribution >= 0.6 is 34.5 Å². The Labute approximate surface area is 123 Å². The molecule has 0 bridgehead atoms. The monoisotopic (exact) mass is 316 g/mol. The predicted octanol–water partition coefficient (Wildman–Crippen LogP) is 3.45. The zero-order chi connectivity index (χ0) is 14.0. The van der Waals surface area contributed by atoms with Crippen molar-refractivity contribution in [1.82, 2.24) is 10.2 Å². The minimum Gasteiger partial charge on any atom is -0.363 e. The fraction of sp³-hybridized carbons (Fsp3) is 0.182. The van der Waals surface area contributed by atoms with Crippen LogP contribution in [0.1, 0.15) is 15.4 Å². The molecule has 0 aliphatic rings. The maximum Gasteiger partial charge on any atom is 0.286 e. The Morgan fingerprint density at radius 2 is 2.00 bits per heavy atom. The van der Waals surface area contributed by atoms with Gasteiger partial charge in [0.05, 0.1) is 10.7 Å². The Balaban J connectivity index is 2.21. The van der Waals surface area contributed by atoms with Gasteiger partial charge in [-0.2, -0.15) is 0 Å². The Morgan fingerprint density at radius 3 is 2.63 bits per heavy atom. The van der Waals surface area contributed by atoms with E-state index in [1.165, 1.54) is 0 Å². The summed E-state index contributed by atoms with van der Waals surface area (Å²) in [6.07, 6.45) is 0. The van der Waals surface area contributed by atoms with Crippen LogP contribution in [-0.2, 0) is 0 Å². The molecule has 2 N–H and O–H groups in total. The molecular weight excluding hydrogens is 307 g/mol. The van der Waals surface area contributed by atoms with E-state index in [0.29, 0.717) is 20.9 Å². The van der Waals surface area contributed by atoms with E-state index in [1.54, 1.807) is 19.2 Å². The van der Waals surface area contributed by atoms with Gasteiger partial charge < -0.3 is 10.6 Å². The summed E-state index contributed by atoms with van der Waals surface area (Å²) in [4.78, 5) is 12.0. The van der Waals surface area contributed by atoms with Crippen molar-refractivity contribution in [1.29, 1.82) is 0 Å². The van der Waals surface area contributed by atoms with Gasteiger partial charge in [-0.05, 0) is 24.6 Å². The minimum absolute atomic E-state index is 0.247. The van der Waals surface area contributed by atoms with E-state index in [0.717, 1.165) is 16.9 Å². The van der Waals surface area contributed by atoms with Gasteiger partial charge in [-0.3, -0.25) is 4.79 Å². The van der Waals surface area contributed by atoms with Crippen LogP contribution < -0.4 is 10.6 Å². The third-order valence-corrected chi connectivity index (χ3v) is 3.99. The molecule has 1 aromatic heterocycles. The van der Waals surface area contributed by atoms with E-state index >= 15 is 0 Å². The van der Waals surface area contributed by atoms with Gasteiger partial charge in [-0.15, -0.1) is 10.2 Å². The molecule has 0 saturated heterocycles. The predicted molar refractivity (Wildman–Crippen MR) is 78.6 cm³/mol. The highest BCUT2D eigenvalue weighted by molar-refractivity contribution is 7.17. The Bertz CT molecular complexity index is 629. The highest BCUT2D eigenvalue weighted by atomic mass is 35.5. The second-order valence-electron chi connectivity index (χ2n) is 3.70. The number of carbonyl (C=O) groups excluding carboxylic acids is 1. The summed E-state index contributed by atoms with van der Waals surface area (Å²) in [5.41, 5.74) is 1.29. The standard InChI is InChI=1S/C11H10Cl2N4OS/c1-5-3-7(13)8(4-6(5)12)15-9(18)10-16-17-11(14-2)19-10/h3-4H,1-2H3,(H,14,17)(H,15,18). The zero-order valence-electron chi connectivity index (χ0n) is 10.1. The number of aromatic nitrogens is 2. The Morgan fingerprint density at radius 1 is 1.26 bits per heavy atom. The lowest BCUT2D eigenvalue weighted by Crippen LogP contribution is -2.12. The second-order valence-corrected chi connectivity index (χ2v) is 5.49. The van der Waals surface area contributed by atoms with Gasteiger partial charge in [0.2, 0.25) is 10.1 Å². The van der Waals surface area contributed by atoms with Gasteiger partial charge in [0.25, 0.3) is 5.91 Å². The molecule has 0 aliphatic carbocycles. The summed E-state index contributed by atoms with van der Waals surface area (Å²) in [7, 11) is 1.71. The molecule has 0 atom stereocenters. The molecule has 5 nitrogen and oxygen atoms in total. The first kappa shape index (κ1) is 14.0. The maximum absolute atomic E-state index is 12.0. The van der Waals surface area contributed by atoms with E-state index in [4.69, 9.17) is 23.2 Å². The molecule has 1 amide bonds. The number of amides is 1. The number of halogens is 2. The largest absolute Gasteiger partial charge is 0.363 e. The fourth-order valence-corrected chi connectivity index (χ4v) is 2.36. The lowest BCUT2D eigenvalue weighted by atomic mass is 10.2. The molecule has 2 aromatic rings. The van der Waals surface area contributed by atoms with Crippen LogP contribution in [0.5, 0.6) is 0 Å². The van der Waals surface area contributed by atoms with Crippen molar-refractivity contribution in [2.75, 3.05) is 17.7 Å². The van der Waals surface area contributed by atoms with Gasteiger partial charge >= 0.3 is 0 Å². The summed E-state index contributed by atoms with van der Waals surface area (Å²) < 4.78 is 0. The van der Waals surface area contributed by atoms with E-state index in [2.05, 4.69) is 20.8 Å². The lowest BCUT2D eigenvalue weighted by Gasteiger charge is -2.07. The van der Waals surface area contributed by atoms with Gasteiger partial charge in [-0.1, -0.05) is 34.5 Å². The summed E-state index contributed by atoms with van der Waals surface area (Å²) in [5, 5.41) is 14.8.